The Kier molecular flexibility index (Phi) is 7.32. The standard InChI is InChI=1S/C26H29N3O2S/c1-19-8-2-5-13-23(19)25(26(31)28-21-10-3-4-11-21)29(18-20-9-6-14-27-17-20)24(30)16-22-12-7-15-32-22/h2,5-9,12-15,17,21,25H,3-4,10-11,16,18H2,1H3,(H,28,31)/t25-/m0/s1. The van der Waals surface area contributed by atoms with Crippen molar-refractivity contribution in [3.8, 4) is 0 Å². The predicted octanol–water partition coefficient (Wildman–Crippen LogP) is 4.82. The monoisotopic (exact) mass is 447 g/mol. The molecule has 166 valence electrons. The zero-order chi connectivity index (χ0) is 22.3. The third-order valence-corrected chi connectivity index (χ3v) is 6.92. The SMILES string of the molecule is Cc1ccccc1[C@@H](C(=O)NC1CCCC1)N(Cc1cccnc1)C(=O)Cc1cccs1. The van der Waals surface area contributed by atoms with Gasteiger partial charge in [-0.05, 0) is 54.0 Å². The van der Waals surface area contributed by atoms with Gasteiger partial charge in [0.05, 0.1) is 6.42 Å². The average Bonchev–Trinajstić information content (AvgIpc) is 3.50. The molecule has 1 aromatic carbocycles. The second-order valence-corrected chi connectivity index (χ2v) is 9.42. The van der Waals surface area contributed by atoms with Crippen molar-refractivity contribution in [2.45, 2.75) is 57.7 Å². The summed E-state index contributed by atoms with van der Waals surface area (Å²) >= 11 is 1.56. The Morgan fingerprint density at radius 2 is 1.94 bits per heavy atom. The third kappa shape index (κ3) is 5.43. The summed E-state index contributed by atoms with van der Waals surface area (Å²) in [5, 5.41) is 5.21. The zero-order valence-corrected chi connectivity index (χ0v) is 19.2. The van der Waals surface area contributed by atoms with Gasteiger partial charge in [0.25, 0.3) is 0 Å². The predicted molar refractivity (Wildman–Crippen MR) is 127 cm³/mol. The molecule has 1 aliphatic carbocycles. The summed E-state index contributed by atoms with van der Waals surface area (Å²) in [7, 11) is 0. The van der Waals surface area contributed by atoms with Crippen molar-refractivity contribution in [3.05, 3.63) is 87.9 Å². The molecule has 1 fully saturated rings. The minimum absolute atomic E-state index is 0.0638. The van der Waals surface area contributed by atoms with Crippen LogP contribution in [0.4, 0.5) is 0 Å². The zero-order valence-electron chi connectivity index (χ0n) is 18.4. The first-order chi connectivity index (χ1) is 15.6. The molecule has 1 N–H and O–H groups in total. The highest BCUT2D eigenvalue weighted by atomic mass is 32.1. The molecule has 2 amide bonds. The van der Waals surface area contributed by atoms with E-state index in [9.17, 15) is 9.59 Å². The summed E-state index contributed by atoms with van der Waals surface area (Å²) < 4.78 is 0. The Hall–Kier alpha value is -2.99. The third-order valence-electron chi connectivity index (χ3n) is 6.05. The number of rotatable bonds is 8. The van der Waals surface area contributed by atoms with Gasteiger partial charge >= 0.3 is 0 Å². The van der Waals surface area contributed by atoms with E-state index in [-0.39, 0.29) is 24.3 Å². The van der Waals surface area contributed by atoms with Crippen LogP contribution < -0.4 is 5.32 Å². The van der Waals surface area contributed by atoms with Crippen LogP contribution in [0.3, 0.4) is 0 Å². The van der Waals surface area contributed by atoms with E-state index < -0.39 is 6.04 Å². The van der Waals surface area contributed by atoms with Gasteiger partial charge in [-0.3, -0.25) is 14.6 Å². The quantitative estimate of drug-likeness (QED) is 0.538. The number of aryl methyl sites for hydroxylation is 1. The highest BCUT2D eigenvalue weighted by Gasteiger charge is 2.34. The average molecular weight is 448 g/mol. The molecule has 1 saturated carbocycles. The lowest BCUT2D eigenvalue weighted by molar-refractivity contribution is -0.141. The van der Waals surface area contributed by atoms with Gasteiger partial charge in [-0.2, -0.15) is 0 Å². The first-order valence-electron chi connectivity index (χ1n) is 11.2. The van der Waals surface area contributed by atoms with E-state index in [0.29, 0.717) is 6.54 Å². The van der Waals surface area contributed by atoms with Crippen LogP contribution in [-0.2, 0) is 22.6 Å². The van der Waals surface area contributed by atoms with Crippen molar-refractivity contribution in [2.75, 3.05) is 0 Å². The first kappa shape index (κ1) is 22.2. The lowest BCUT2D eigenvalue weighted by Crippen LogP contribution is -2.46. The number of nitrogens with one attached hydrogen (secondary N) is 1. The van der Waals surface area contributed by atoms with Crippen molar-refractivity contribution in [3.63, 3.8) is 0 Å². The maximum atomic E-state index is 13.7. The van der Waals surface area contributed by atoms with Crippen LogP contribution >= 0.6 is 11.3 Å². The molecular formula is C26H29N3O2S. The van der Waals surface area contributed by atoms with Crippen LogP contribution in [0.15, 0.2) is 66.3 Å². The van der Waals surface area contributed by atoms with Gasteiger partial charge < -0.3 is 10.2 Å². The van der Waals surface area contributed by atoms with Crippen molar-refractivity contribution in [2.24, 2.45) is 0 Å². The van der Waals surface area contributed by atoms with Crippen LogP contribution in [0.1, 0.15) is 53.3 Å². The van der Waals surface area contributed by atoms with E-state index >= 15 is 0 Å². The molecular weight excluding hydrogens is 418 g/mol. The van der Waals surface area contributed by atoms with Crippen LogP contribution in [0.25, 0.3) is 0 Å². The fourth-order valence-corrected chi connectivity index (χ4v) is 5.07. The van der Waals surface area contributed by atoms with Crippen molar-refractivity contribution < 1.29 is 9.59 Å². The van der Waals surface area contributed by atoms with Gasteiger partial charge in [0.15, 0.2) is 0 Å². The van der Waals surface area contributed by atoms with Gasteiger partial charge in [-0.1, -0.05) is 49.2 Å². The largest absolute Gasteiger partial charge is 0.351 e. The molecule has 0 radical (unpaired) electrons. The lowest BCUT2D eigenvalue weighted by atomic mass is 9.97. The molecule has 6 heteroatoms. The number of nitrogens with zero attached hydrogens (tertiary/aromatic N) is 2. The summed E-state index contributed by atoms with van der Waals surface area (Å²) in [5.74, 6) is -0.166. The molecule has 3 aromatic rings. The fourth-order valence-electron chi connectivity index (χ4n) is 4.37. The van der Waals surface area contributed by atoms with Gasteiger partial charge in [-0.15, -0.1) is 11.3 Å². The summed E-state index contributed by atoms with van der Waals surface area (Å²) in [6.07, 6.45) is 8.02. The Morgan fingerprint density at radius 3 is 2.62 bits per heavy atom. The van der Waals surface area contributed by atoms with E-state index in [1.54, 1.807) is 28.6 Å². The molecule has 1 aliphatic rings. The van der Waals surface area contributed by atoms with Gasteiger partial charge in [0, 0.05) is 29.9 Å². The highest BCUT2D eigenvalue weighted by Crippen LogP contribution is 2.29. The molecule has 0 aliphatic heterocycles. The molecule has 2 heterocycles. The lowest BCUT2D eigenvalue weighted by Gasteiger charge is -2.33. The smallest absolute Gasteiger partial charge is 0.247 e. The number of amides is 2. The molecule has 0 bridgehead atoms. The van der Waals surface area contributed by atoms with Crippen LogP contribution in [0.2, 0.25) is 0 Å². The van der Waals surface area contributed by atoms with Crippen molar-refractivity contribution >= 4 is 23.2 Å². The summed E-state index contributed by atoms with van der Waals surface area (Å²) in [5.41, 5.74) is 2.77. The van der Waals surface area contributed by atoms with E-state index in [2.05, 4.69) is 10.3 Å². The van der Waals surface area contributed by atoms with Gasteiger partial charge in [0.2, 0.25) is 11.8 Å². The van der Waals surface area contributed by atoms with Gasteiger partial charge in [-0.25, -0.2) is 0 Å². The second-order valence-electron chi connectivity index (χ2n) is 8.39. The van der Waals surface area contributed by atoms with Crippen LogP contribution in [0, 0.1) is 6.92 Å². The summed E-state index contributed by atoms with van der Waals surface area (Å²) in [6, 6.07) is 15.1. The van der Waals surface area contributed by atoms with Gasteiger partial charge in [0.1, 0.15) is 6.04 Å². The number of benzene rings is 1. The van der Waals surface area contributed by atoms with E-state index in [0.717, 1.165) is 47.3 Å². The van der Waals surface area contributed by atoms with Crippen LogP contribution in [-0.4, -0.2) is 27.7 Å². The first-order valence-corrected chi connectivity index (χ1v) is 12.1. The Bertz CT molecular complexity index is 1030. The Balaban J connectivity index is 1.70. The van der Waals surface area contributed by atoms with E-state index in [1.807, 2.05) is 60.8 Å². The summed E-state index contributed by atoms with van der Waals surface area (Å²) in [6.45, 7) is 2.33. The number of thiophene rings is 1. The minimum atomic E-state index is -0.690. The summed E-state index contributed by atoms with van der Waals surface area (Å²) in [4.78, 5) is 34.2. The molecule has 1 atom stereocenters. The number of carbonyl (C=O) groups excluding carboxylic acids is 2. The second kappa shape index (κ2) is 10.6. The molecule has 32 heavy (non-hydrogen) atoms. The molecule has 5 nitrogen and oxygen atoms in total. The Labute approximate surface area is 193 Å². The molecule has 0 saturated heterocycles. The fraction of sp³-hybridized carbons (Fsp3) is 0.346. The minimum Gasteiger partial charge on any atom is -0.351 e. The van der Waals surface area contributed by atoms with E-state index in [4.69, 9.17) is 0 Å². The number of aromatic nitrogens is 1. The maximum absolute atomic E-state index is 13.7. The van der Waals surface area contributed by atoms with Crippen molar-refractivity contribution in [1.29, 1.82) is 0 Å². The number of hydrogen-bond donors (Lipinski definition) is 1. The Morgan fingerprint density at radius 1 is 1.12 bits per heavy atom. The number of carbonyl (C=O) groups is 2. The number of pyridine rings is 1. The topological polar surface area (TPSA) is 62.3 Å². The number of hydrogen-bond acceptors (Lipinski definition) is 4. The normalized spacial score (nSPS) is 14.8. The molecule has 4 rings (SSSR count). The molecule has 0 unspecified atom stereocenters. The highest BCUT2D eigenvalue weighted by molar-refractivity contribution is 7.10. The van der Waals surface area contributed by atoms with Crippen molar-refractivity contribution in [1.82, 2.24) is 15.2 Å². The molecule has 0 spiro atoms. The maximum Gasteiger partial charge on any atom is 0.247 e. The van der Waals surface area contributed by atoms with E-state index in [1.165, 1.54) is 0 Å². The van der Waals surface area contributed by atoms with Crippen LogP contribution in [0.5, 0.6) is 0 Å². The molecule has 2 aromatic heterocycles.